The summed E-state index contributed by atoms with van der Waals surface area (Å²) in [4.78, 5) is 14.7. The number of aryl methyl sites for hydroxylation is 2. The van der Waals surface area contributed by atoms with Crippen LogP contribution in [0.15, 0.2) is 188 Å². The molecule has 431 valence electrons. The van der Waals surface area contributed by atoms with E-state index in [1.807, 2.05) is 26.1 Å². The van der Waals surface area contributed by atoms with Crippen LogP contribution in [0, 0.1) is 31.8 Å². The van der Waals surface area contributed by atoms with E-state index < -0.39 is 0 Å². The predicted molar refractivity (Wildman–Crippen MR) is 359 cm³/mol. The van der Waals surface area contributed by atoms with Gasteiger partial charge in [-0.15, -0.1) is 48.0 Å². The second kappa shape index (κ2) is 21.4. The van der Waals surface area contributed by atoms with Crippen molar-refractivity contribution in [1.29, 1.82) is 0 Å². The number of halogens is 1. The fourth-order valence-electron chi connectivity index (χ4n) is 12.7. The summed E-state index contributed by atoms with van der Waals surface area (Å²) in [6.07, 6.45) is 1.82. The number of rotatable bonds is 4. The summed E-state index contributed by atoms with van der Waals surface area (Å²) in [6, 6.07) is 73.1. The molecule has 0 spiro atoms. The molecular weight excluding hydrogens is 1230 g/mol. The monoisotopic (exact) mass is 1300 g/mol. The van der Waals surface area contributed by atoms with Crippen LogP contribution in [0.5, 0.6) is 0 Å². The largest absolute Gasteiger partial charge is 0.333 e. The molecule has 14 rings (SSSR count). The van der Waals surface area contributed by atoms with Crippen LogP contribution in [0.3, 0.4) is 0 Å². The molecule has 1 radical (unpaired) electrons. The van der Waals surface area contributed by atoms with Crippen LogP contribution < -0.4 is 26.2 Å². The van der Waals surface area contributed by atoms with E-state index in [1.54, 1.807) is 6.07 Å². The average molecular weight is 1300 g/mol. The van der Waals surface area contributed by atoms with E-state index in [9.17, 15) is 4.39 Å². The number of benzene rings is 9. The van der Waals surface area contributed by atoms with Gasteiger partial charge in [-0.05, 0) is 163 Å². The quantitative estimate of drug-likeness (QED) is 0.1000. The summed E-state index contributed by atoms with van der Waals surface area (Å²) >= 11 is 0. The molecule has 0 saturated carbocycles. The van der Waals surface area contributed by atoms with Crippen LogP contribution in [0.1, 0.15) is 116 Å². The molecule has 0 N–H and O–H groups in total. The molecule has 12 aromatic rings. The summed E-state index contributed by atoms with van der Waals surface area (Å²) in [6.45, 7) is 31.9. The van der Waals surface area contributed by atoms with E-state index in [4.69, 9.17) is 4.98 Å². The molecule has 86 heavy (non-hydrogen) atoms. The number of para-hydroxylation sites is 3. The van der Waals surface area contributed by atoms with E-state index in [1.165, 1.54) is 84.5 Å². The number of nitrogens with zero attached hydrogens (tertiary/aromatic N) is 5. The Morgan fingerprint density at radius 1 is 0.500 bits per heavy atom. The first-order valence-corrected chi connectivity index (χ1v) is 29.9. The third kappa shape index (κ3) is 10.1. The topological polar surface area (TPSA) is 36.7 Å². The first kappa shape index (κ1) is 58.2. The molecule has 0 aliphatic carbocycles. The van der Waals surface area contributed by atoms with Crippen LogP contribution in [-0.4, -0.2) is 21.1 Å². The number of imidazole rings is 1. The maximum Gasteiger partial charge on any atom is 0.252 e. The number of hydrogen-bond acceptors (Lipinski definition) is 4. The minimum Gasteiger partial charge on any atom is -0.333 e. The van der Waals surface area contributed by atoms with Gasteiger partial charge in [0.05, 0.1) is 16.7 Å². The first-order chi connectivity index (χ1) is 40.4. The zero-order chi connectivity index (χ0) is 59.6. The number of hydrogen-bond donors (Lipinski definition) is 0. The first-order valence-electron chi connectivity index (χ1n) is 29.9. The molecule has 5 nitrogen and oxygen atoms in total. The molecule has 0 amide bonds. The molecular formula is C78H73BFIrN5-2. The minimum atomic E-state index is -0.275. The van der Waals surface area contributed by atoms with Crippen LogP contribution in [0.4, 0.5) is 38.5 Å². The Morgan fingerprint density at radius 2 is 1.02 bits per heavy atom. The number of aromatic nitrogens is 3. The van der Waals surface area contributed by atoms with Crippen molar-refractivity contribution in [2.24, 2.45) is 0 Å². The van der Waals surface area contributed by atoms with Gasteiger partial charge in [0, 0.05) is 71.8 Å². The molecule has 3 aromatic heterocycles. The Hall–Kier alpha value is -8.16. The predicted octanol–water partition coefficient (Wildman–Crippen LogP) is 18.8. The molecule has 0 atom stereocenters. The maximum atomic E-state index is 12.7. The standard InChI is InChI=1S/C65H62BN4.C13H11FN.Ir/c1-62(2,3)41-24-30-45(31-25-41)68-54-34-28-43(64(7,8)9)38-50(54)66-51-39-44(65(10,11)12)29-35-55(51)69(46-32-26-42(27-33-46)63(4,5)6)58-37-40(36-57(68)60(58)66)47-19-17-20-49-59(47)48-18-13-15-22-53(48)70-56-23-16-14-21-52(56)67-61(49)70;1-9-7-13(15-8-10(9)2)11-3-5-12(14)6-4-11;/h13-19,21-39H,1-12H3;3,5-8H,1-2H3;/q2*-1;. The Labute approximate surface area is 521 Å². The van der Waals surface area contributed by atoms with Gasteiger partial charge in [0.15, 0.2) is 0 Å². The smallest absolute Gasteiger partial charge is 0.252 e. The molecule has 9 aromatic carbocycles. The van der Waals surface area contributed by atoms with Crippen molar-refractivity contribution in [3.05, 3.63) is 240 Å². The molecule has 2 aliphatic heterocycles. The number of pyridine rings is 2. The Kier molecular flexibility index (Phi) is 14.5. The Morgan fingerprint density at radius 3 is 1.55 bits per heavy atom. The van der Waals surface area contributed by atoms with Gasteiger partial charge in [0.25, 0.3) is 6.71 Å². The van der Waals surface area contributed by atoms with Crippen LogP contribution in [-0.2, 0) is 41.8 Å². The Bertz CT molecular complexity index is 4460. The molecule has 0 unspecified atom stereocenters. The van der Waals surface area contributed by atoms with Gasteiger partial charge < -0.3 is 19.2 Å². The van der Waals surface area contributed by atoms with E-state index in [0.717, 1.165) is 72.3 Å². The fraction of sp³-hybridized carbons (Fsp3) is 0.231. The molecule has 8 heteroatoms. The molecule has 2 aliphatic rings. The average Bonchev–Trinajstić information content (AvgIpc) is 0.824. The molecule has 5 heterocycles. The summed E-state index contributed by atoms with van der Waals surface area (Å²) in [7, 11) is 0. The van der Waals surface area contributed by atoms with E-state index in [-0.39, 0.29) is 54.3 Å². The van der Waals surface area contributed by atoms with Crippen molar-refractivity contribution in [3.63, 3.8) is 0 Å². The summed E-state index contributed by atoms with van der Waals surface area (Å²) in [5.41, 5.74) is 26.8. The van der Waals surface area contributed by atoms with Gasteiger partial charge in [0.2, 0.25) is 0 Å². The fourth-order valence-corrected chi connectivity index (χ4v) is 12.7. The van der Waals surface area contributed by atoms with Gasteiger partial charge in [0.1, 0.15) is 0 Å². The van der Waals surface area contributed by atoms with E-state index in [0.29, 0.717) is 0 Å². The van der Waals surface area contributed by atoms with Gasteiger partial charge in [-0.2, -0.15) is 0 Å². The summed E-state index contributed by atoms with van der Waals surface area (Å²) in [5, 5.41) is 3.35. The van der Waals surface area contributed by atoms with Gasteiger partial charge in [-0.25, -0.2) is 0 Å². The molecule has 0 saturated heterocycles. The van der Waals surface area contributed by atoms with Crippen LogP contribution >= 0.6 is 0 Å². The van der Waals surface area contributed by atoms with E-state index in [2.05, 4.69) is 272 Å². The van der Waals surface area contributed by atoms with Crippen molar-refractivity contribution in [3.8, 4) is 22.4 Å². The number of anilines is 6. The molecule has 0 fully saturated rings. The third-order valence-corrected chi connectivity index (χ3v) is 17.7. The SMILES string of the molecule is CC(C)(C)c1ccc(N2c3ccc(C(C)(C)C)cc3B3c4cc(C(C)(C)C)ccc4N(c4ccc(C(C)(C)C)cc4)c4cc(-c5cc[c-]c6c5c5ccccc5n5c7ccccc7nc65)cc2c43)cc1.Cc1cnc(-c2[c-]cc(F)cc2)cc1C.[Ir]. The second-order valence-corrected chi connectivity index (χ2v) is 27.7. The zero-order valence-electron chi connectivity index (χ0n) is 51.9. The van der Waals surface area contributed by atoms with Gasteiger partial charge in [-0.3, -0.25) is 9.37 Å². The minimum absolute atomic E-state index is 0. The van der Waals surface area contributed by atoms with Crippen molar-refractivity contribution in [1.82, 2.24) is 14.4 Å². The van der Waals surface area contributed by atoms with Crippen molar-refractivity contribution in [2.45, 2.75) is 119 Å². The van der Waals surface area contributed by atoms with Crippen LogP contribution in [0.25, 0.3) is 60.7 Å². The van der Waals surface area contributed by atoms with Crippen LogP contribution in [0.2, 0.25) is 0 Å². The van der Waals surface area contributed by atoms with E-state index >= 15 is 0 Å². The normalized spacial score (nSPS) is 13.1. The molecule has 0 bridgehead atoms. The third-order valence-electron chi connectivity index (χ3n) is 17.7. The summed E-state index contributed by atoms with van der Waals surface area (Å²) < 4.78 is 15.0. The van der Waals surface area contributed by atoms with Gasteiger partial charge >= 0.3 is 0 Å². The summed E-state index contributed by atoms with van der Waals surface area (Å²) in [5.74, 6) is -0.275. The zero-order valence-corrected chi connectivity index (χ0v) is 54.3. The Balaban J connectivity index is 0.000000395. The maximum absolute atomic E-state index is 12.7. The number of fused-ring (bicyclic) bond motifs is 12. The van der Waals surface area contributed by atoms with Gasteiger partial charge in [-0.1, -0.05) is 190 Å². The van der Waals surface area contributed by atoms with Crippen molar-refractivity contribution >= 4 is 95.6 Å². The van der Waals surface area contributed by atoms with Crippen molar-refractivity contribution in [2.75, 3.05) is 9.80 Å². The second-order valence-electron chi connectivity index (χ2n) is 27.7. The van der Waals surface area contributed by atoms with Crippen molar-refractivity contribution < 1.29 is 24.5 Å².